The van der Waals surface area contributed by atoms with E-state index in [9.17, 15) is 0 Å². The maximum atomic E-state index is 5.86. The van der Waals surface area contributed by atoms with E-state index in [0.29, 0.717) is 22.9 Å². The van der Waals surface area contributed by atoms with Crippen LogP contribution in [0.3, 0.4) is 0 Å². The number of benzene rings is 2. The summed E-state index contributed by atoms with van der Waals surface area (Å²) in [5, 5.41) is 3.29. The molecule has 0 heterocycles. The Balaban J connectivity index is 2.40. The van der Waals surface area contributed by atoms with Crippen molar-refractivity contribution >= 4 is 17.1 Å². The minimum Gasteiger partial charge on any atom is -0.493 e. The molecular formula is C16H20N2O3. The number of hydrogen-bond acceptors (Lipinski definition) is 5. The van der Waals surface area contributed by atoms with Crippen molar-refractivity contribution in [2.45, 2.75) is 6.92 Å². The van der Waals surface area contributed by atoms with Crippen LogP contribution < -0.4 is 25.3 Å². The lowest BCUT2D eigenvalue weighted by Crippen LogP contribution is -1.98. The molecule has 0 fully saturated rings. The number of methoxy groups -OCH3 is 3. The van der Waals surface area contributed by atoms with Gasteiger partial charge in [0, 0.05) is 29.2 Å². The predicted octanol–water partition coefficient (Wildman–Crippen LogP) is 3.35. The molecule has 2 aromatic carbocycles. The first kappa shape index (κ1) is 14.8. The molecule has 0 aliphatic rings. The molecule has 0 aliphatic carbocycles. The molecule has 0 saturated carbocycles. The lowest BCUT2D eigenvalue weighted by Gasteiger charge is -2.15. The van der Waals surface area contributed by atoms with Crippen molar-refractivity contribution in [2.75, 3.05) is 32.4 Å². The van der Waals surface area contributed by atoms with Gasteiger partial charge in [-0.15, -0.1) is 0 Å². The number of nitrogens with one attached hydrogen (secondary N) is 1. The van der Waals surface area contributed by atoms with Crippen molar-refractivity contribution in [1.82, 2.24) is 0 Å². The smallest absolute Gasteiger partial charge is 0.203 e. The quantitative estimate of drug-likeness (QED) is 0.826. The first-order valence-electron chi connectivity index (χ1n) is 6.51. The minimum absolute atomic E-state index is 0.564. The van der Waals surface area contributed by atoms with Gasteiger partial charge in [-0.1, -0.05) is 0 Å². The summed E-state index contributed by atoms with van der Waals surface area (Å²) in [6, 6.07) is 9.50. The third kappa shape index (κ3) is 3.31. The molecule has 0 aromatic heterocycles. The van der Waals surface area contributed by atoms with Gasteiger partial charge in [-0.3, -0.25) is 0 Å². The van der Waals surface area contributed by atoms with Crippen LogP contribution in [-0.2, 0) is 0 Å². The summed E-state index contributed by atoms with van der Waals surface area (Å²) in [7, 11) is 4.76. The van der Waals surface area contributed by atoms with E-state index >= 15 is 0 Å². The van der Waals surface area contributed by atoms with Gasteiger partial charge in [0.15, 0.2) is 11.5 Å². The Morgan fingerprint density at radius 3 is 1.86 bits per heavy atom. The van der Waals surface area contributed by atoms with Crippen LogP contribution in [0.2, 0.25) is 0 Å². The molecule has 3 N–H and O–H groups in total. The number of rotatable bonds is 5. The van der Waals surface area contributed by atoms with Gasteiger partial charge in [-0.25, -0.2) is 0 Å². The highest BCUT2D eigenvalue weighted by Crippen LogP contribution is 2.40. The Kier molecular flexibility index (Phi) is 4.42. The Morgan fingerprint density at radius 2 is 1.38 bits per heavy atom. The van der Waals surface area contributed by atoms with E-state index in [0.717, 1.165) is 16.9 Å². The van der Waals surface area contributed by atoms with Crippen molar-refractivity contribution in [3.8, 4) is 17.2 Å². The fourth-order valence-corrected chi connectivity index (χ4v) is 2.20. The minimum atomic E-state index is 0.564. The number of ether oxygens (including phenoxy) is 3. The maximum Gasteiger partial charge on any atom is 0.203 e. The normalized spacial score (nSPS) is 10.1. The van der Waals surface area contributed by atoms with Crippen molar-refractivity contribution in [3.05, 3.63) is 35.9 Å². The van der Waals surface area contributed by atoms with Gasteiger partial charge in [0.2, 0.25) is 5.75 Å². The van der Waals surface area contributed by atoms with Crippen molar-refractivity contribution in [1.29, 1.82) is 0 Å². The molecule has 0 spiro atoms. The molecule has 0 aliphatic heterocycles. The predicted molar refractivity (Wildman–Crippen MR) is 85.0 cm³/mol. The summed E-state index contributed by atoms with van der Waals surface area (Å²) in [6.45, 7) is 2.00. The van der Waals surface area contributed by atoms with E-state index in [1.807, 2.05) is 37.3 Å². The number of hydrogen-bond donors (Lipinski definition) is 2. The summed E-state index contributed by atoms with van der Waals surface area (Å²) in [5.41, 5.74) is 9.39. The van der Waals surface area contributed by atoms with Gasteiger partial charge in [-0.05, 0) is 30.7 Å². The first-order valence-corrected chi connectivity index (χ1v) is 6.51. The molecule has 2 aromatic rings. The van der Waals surface area contributed by atoms with E-state index < -0.39 is 0 Å². The standard InChI is InChI=1S/C16H20N2O3/c1-10-5-11(17)7-12(6-10)18-13-8-14(19-2)16(21-4)15(9-13)20-3/h5-9,18H,17H2,1-4H3. The van der Waals surface area contributed by atoms with Crippen LogP contribution in [0.1, 0.15) is 5.56 Å². The topological polar surface area (TPSA) is 65.7 Å². The second kappa shape index (κ2) is 6.26. The lowest BCUT2D eigenvalue weighted by molar-refractivity contribution is 0.324. The zero-order chi connectivity index (χ0) is 15.4. The molecule has 2 rings (SSSR count). The second-order valence-corrected chi connectivity index (χ2v) is 4.67. The van der Waals surface area contributed by atoms with Gasteiger partial charge in [0.05, 0.1) is 21.3 Å². The zero-order valence-electron chi connectivity index (χ0n) is 12.7. The van der Waals surface area contributed by atoms with Crippen LogP contribution in [0.15, 0.2) is 30.3 Å². The third-order valence-corrected chi connectivity index (χ3v) is 3.05. The highest BCUT2D eigenvalue weighted by Gasteiger charge is 2.13. The fraction of sp³-hybridized carbons (Fsp3) is 0.250. The Labute approximate surface area is 124 Å². The van der Waals surface area contributed by atoms with Gasteiger partial charge in [-0.2, -0.15) is 0 Å². The van der Waals surface area contributed by atoms with Crippen molar-refractivity contribution in [2.24, 2.45) is 0 Å². The summed E-state index contributed by atoms with van der Waals surface area (Å²) < 4.78 is 16.0. The Hall–Kier alpha value is -2.56. The largest absolute Gasteiger partial charge is 0.493 e. The summed E-state index contributed by atoms with van der Waals surface area (Å²) in [6.07, 6.45) is 0. The van der Waals surface area contributed by atoms with Crippen LogP contribution in [0.4, 0.5) is 17.1 Å². The van der Waals surface area contributed by atoms with Gasteiger partial charge < -0.3 is 25.3 Å². The number of aryl methyl sites for hydroxylation is 1. The molecule has 0 amide bonds. The van der Waals surface area contributed by atoms with Crippen LogP contribution in [0, 0.1) is 6.92 Å². The Bertz CT molecular complexity index is 596. The average molecular weight is 288 g/mol. The van der Waals surface area contributed by atoms with Crippen LogP contribution >= 0.6 is 0 Å². The highest BCUT2D eigenvalue weighted by molar-refractivity contribution is 5.70. The molecular weight excluding hydrogens is 268 g/mol. The number of anilines is 3. The number of nitrogens with two attached hydrogens (primary N) is 1. The summed E-state index contributed by atoms with van der Waals surface area (Å²) in [5.74, 6) is 1.76. The molecule has 21 heavy (non-hydrogen) atoms. The molecule has 5 heteroatoms. The van der Waals surface area contributed by atoms with Crippen LogP contribution in [0.5, 0.6) is 17.2 Å². The maximum absolute atomic E-state index is 5.86. The molecule has 0 bridgehead atoms. The van der Waals surface area contributed by atoms with Crippen molar-refractivity contribution in [3.63, 3.8) is 0 Å². The van der Waals surface area contributed by atoms with Crippen LogP contribution in [0.25, 0.3) is 0 Å². The molecule has 112 valence electrons. The van der Waals surface area contributed by atoms with Crippen molar-refractivity contribution < 1.29 is 14.2 Å². The fourth-order valence-electron chi connectivity index (χ4n) is 2.20. The summed E-state index contributed by atoms with van der Waals surface area (Å²) in [4.78, 5) is 0. The first-order chi connectivity index (χ1) is 10.1. The molecule has 0 unspecified atom stereocenters. The Morgan fingerprint density at radius 1 is 0.810 bits per heavy atom. The lowest BCUT2D eigenvalue weighted by atomic mass is 10.2. The van der Waals surface area contributed by atoms with Gasteiger partial charge in [0.25, 0.3) is 0 Å². The monoisotopic (exact) mass is 288 g/mol. The SMILES string of the molecule is COc1cc(Nc2cc(C)cc(N)c2)cc(OC)c1OC. The second-order valence-electron chi connectivity index (χ2n) is 4.67. The summed E-state index contributed by atoms with van der Waals surface area (Å²) >= 11 is 0. The van der Waals surface area contributed by atoms with E-state index in [-0.39, 0.29) is 0 Å². The highest BCUT2D eigenvalue weighted by atomic mass is 16.5. The van der Waals surface area contributed by atoms with E-state index in [2.05, 4.69) is 5.32 Å². The van der Waals surface area contributed by atoms with Gasteiger partial charge >= 0.3 is 0 Å². The zero-order valence-corrected chi connectivity index (χ0v) is 12.7. The molecule has 0 atom stereocenters. The van der Waals surface area contributed by atoms with E-state index in [1.54, 1.807) is 21.3 Å². The molecule has 5 nitrogen and oxygen atoms in total. The molecule has 0 radical (unpaired) electrons. The average Bonchev–Trinajstić information content (AvgIpc) is 2.45. The van der Waals surface area contributed by atoms with Gasteiger partial charge in [0.1, 0.15) is 0 Å². The third-order valence-electron chi connectivity index (χ3n) is 3.05. The van der Waals surface area contributed by atoms with Crippen LogP contribution in [-0.4, -0.2) is 21.3 Å². The molecule has 0 saturated heterocycles. The number of nitrogen functional groups attached to an aromatic ring is 1. The van der Waals surface area contributed by atoms with E-state index in [4.69, 9.17) is 19.9 Å². The van der Waals surface area contributed by atoms with E-state index in [1.165, 1.54) is 0 Å².